The lowest BCUT2D eigenvalue weighted by atomic mass is 9.94. The largest absolute Gasteiger partial charge is 0.397 e. The maximum absolute atomic E-state index is 6.09. The molecular weight excluding hydrogens is 228 g/mol. The number of nitrogens with two attached hydrogens (primary N) is 1. The Bertz CT molecular complexity index is 370. The average Bonchev–Trinajstić information content (AvgIpc) is 2.36. The van der Waals surface area contributed by atoms with E-state index >= 15 is 0 Å². The van der Waals surface area contributed by atoms with Crippen LogP contribution in [0.4, 0.5) is 11.4 Å². The van der Waals surface area contributed by atoms with Gasteiger partial charge in [-0.2, -0.15) is 11.8 Å². The lowest BCUT2D eigenvalue weighted by Crippen LogP contribution is -2.27. The van der Waals surface area contributed by atoms with Crippen LogP contribution in [-0.4, -0.2) is 17.5 Å². The van der Waals surface area contributed by atoms with Crippen LogP contribution in [0.2, 0.25) is 0 Å². The van der Waals surface area contributed by atoms with Gasteiger partial charge in [0.1, 0.15) is 0 Å². The number of hydrogen-bond donors (Lipinski definition) is 2. The number of hydrogen-bond acceptors (Lipinski definition) is 3. The summed E-state index contributed by atoms with van der Waals surface area (Å²) >= 11 is 2.01. The molecule has 0 saturated heterocycles. The average molecular weight is 250 g/mol. The zero-order valence-corrected chi connectivity index (χ0v) is 11.5. The van der Waals surface area contributed by atoms with E-state index in [0.29, 0.717) is 6.04 Å². The normalized spacial score (nSPS) is 24.6. The summed E-state index contributed by atoms with van der Waals surface area (Å²) in [6, 6.07) is 6.82. The van der Waals surface area contributed by atoms with Crippen LogP contribution in [0.5, 0.6) is 0 Å². The fourth-order valence-electron chi connectivity index (χ4n) is 2.47. The van der Waals surface area contributed by atoms with E-state index in [4.69, 9.17) is 5.73 Å². The SMILES string of the molecule is CSC1CCC(Nc2cccc(C)c2N)CC1. The molecular formula is C14H22N2S. The lowest BCUT2D eigenvalue weighted by molar-refractivity contribution is 0.473. The van der Waals surface area contributed by atoms with Gasteiger partial charge in [-0.15, -0.1) is 0 Å². The van der Waals surface area contributed by atoms with Crippen LogP contribution in [0.3, 0.4) is 0 Å². The summed E-state index contributed by atoms with van der Waals surface area (Å²) in [7, 11) is 0. The molecule has 0 amide bonds. The highest BCUT2D eigenvalue weighted by Crippen LogP contribution is 2.30. The first kappa shape index (κ1) is 12.6. The Labute approximate surface area is 108 Å². The van der Waals surface area contributed by atoms with Gasteiger partial charge in [0.2, 0.25) is 0 Å². The van der Waals surface area contributed by atoms with E-state index in [9.17, 15) is 0 Å². The molecule has 0 radical (unpaired) electrons. The topological polar surface area (TPSA) is 38.0 Å². The fraction of sp³-hybridized carbons (Fsp3) is 0.571. The van der Waals surface area contributed by atoms with Crippen molar-refractivity contribution >= 4 is 23.1 Å². The Morgan fingerprint density at radius 3 is 2.59 bits per heavy atom. The highest BCUT2D eigenvalue weighted by molar-refractivity contribution is 7.99. The van der Waals surface area contributed by atoms with Gasteiger partial charge in [-0.1, -0.05) is 12.1 Å². The molecule has 0 bridgehead atoms. The zero-order chi connectivity index (χ0) is 12.3. The molecule has 1 aromatic rings. The Morgan fingerprint density at radius 2 is 1.94 bits per heavy atom. The molecule has 3 heteroatoms. The molecule has 1 aromatic carbocycles. The summed E-state index contributed by atoms with van der Waals surface area (Å²) in [5.41, 5.74) is 9.26. The van der Waals surface area contributed by atoms with Crippen molar-refractivity contribution < 1.29 is 0 Å². The van der Waals surface area contributed by atoms with Crippen molar-refractivity contribution in [3.63, 3.8) is 0 Å². The Hall–Kier alpha value is -0.830. The minimum Gasteiger partial charge on any atom is -0.397 e. The molecule has 1 saturated carbocycles. The highest BCUT2D eigenvalue weighted by atomic mass is 32.2. The molecule has 0 heterocycles. The first-order valence-electron chi connectivity index (χ1n) is 6.35. The Balaban J connectivity index is 1.95. The second-order valence-electron chi connectivity index (χ2n) is 4.89. The van der Waals surface area contributed by atoms with Crippen LogP contribution in [0.25, 0.3) is 0 Å². The van der Waals surface area contributed by atoms with Crippen LogP contribution < -0.4 is 11.1 Å². The van der Waals surface area contributed by atoms with Crippen molar-refractivity contribution in [3.8, 4) is 0 Å². The summed E-state index contributed by atoms with van der Waals surface area (Å²) in [5.74, 6) is 0. The molecule has 0 aliphatic heterocycles. The van der Waals surface area contributed by atoms with Crippen molar-refractivity contribution in [1.29, 1.82) is 0 Å². The number of nitrogen functional groups attached to an aromatic ring is 1. The summed E-state index contributed by atoms with van der Waals surface area (Å²) in [5, 5.41) is 4.46. The van der Waals surface area contributed by atoms with E-state index in [-0.39, 0.29) is 0 Å². The summed E-state index contributed by atoms with van der Waals surface area (Å²) in [6.07, 6.45) is 7.39. The zero-order valence-electron chi connectivity index (χ0n) is 10.7. The van der Waals surface area contributed by atoms with Gasteiger partial charge >= 0.3 is 0 Å². The third kappa shape index (κ3) is 3.09. The number of anilines is 2. The molecule has 3 N–H and O–H groups in total. The van der Waals surface area contributed by atoms with Gasteiger partial charge in [0.25, 0.3) is 0 Å². The van der Waals surface area contributed by atoms with Crippen LogP contribution in [0.1, 0.15) is 31.2 Å². The maximum atomic E-state index is 6.09. The number of rotatable bonds is 3. The molecule has 94 valence electrons. The minimum atomic E-state index is 0.600. The number of aryl methyl sites for hydroxylation is 1. The van der Waals surface area contributed by atoms with Crippen LogP contribution in [0, 0.1) is 6.92 Å². The second kappa shape index (κ2) is 5.67. The molecule has 0 atom stereocenters. The predicted octanol–water partition coefficient (Wildman–Crippen LogP) is 3.66. The monoisotopic (exact) mass is 250 g/mol. The summed E-state index contributed by atoms with van der Waals surface area (Å²) < 4.78 is 0. The van der Waals surface area contributed by atoms with Gasteiger partial charge in [-0.3, -0.25) is 0 Å². The van der Waals surface area contributed by atoms with Crippen LogP contribution in [-0.2, 0) is 0 Å². The van der Waals surface area contributed by atoms with Crippen molar-refractivity contribution in [2.45, 2.75) is 43.9 Å². The maximum Gasteiger partial charge on any atom is 0.0579 e. The molecule has 0 spiro atoms. The number of para-hydroxylation sites is 1. The third-order valence-electron chi connectivity index (χ3n) is 3.69. The van der Waals surface area contributed by atoms with Gasteiger partial charge < -0.3 is 11.1 Å². The van der Waals surface area contributed by atoms with E-state index < -0.39 is 0 Å². The van der Waals surface area contributed by atoms with E-state index in [2.05, 4.69) is 36.7 Å². The van der Waals surface area contributed by atoms with E-state index in [1.165, 1.54) is 25.7 Å². The third-order valence-corrected chi connectivity index (χ3v) is 4.83. The summed E-state index contributed by atoms with van der Waals surface area (Å²) in [6.45, 7) is 2.06. The predicted molar refractivity (Wildman–Crippen MR) is 78.8 cm³/mol. The molecule has 1 aliphatic rings. The number of benzene rings is 1. The first-order valence-corrected chi connectivity index (χ1v) is 7.64. The molecule has 17 heavy (non-hydrogen) atoms. The fourth-order valence-corrected chi connectivity index (χ4v) is 3.21. The van der Waals surface area contributed by atoms with Crippen molar-refractivity contribution in [2.24, 2.45) is 0 Å². The van der Waals surface area contributed by atoms with Gasteiger partial charge in [0.05, 0.1) is 11.4 Å². The summed E-state index contributed by atoms with van der Waals surface area (Å²) in [4.78, 5) is 0. The van der Waals surface area contributed by atoms with Gasteiger partial charge in [-0.05, 0) is 50.5 Å². The second-order valence-corrected chi connectivity index (χ2v) is 6.03. The van der Waals surface area contributed by atoms with Gasteiger partial charge in [0.15, 0.2) is 0 Å². The minimum absolute atomic E-state index is 0.600. The highest BCUT2D eigenvalue weighted by Gasteiger charge is 2.20. The Morgan fingerprint density at radius 1 is 1.24 bits per heavy atom. The number of nitrogens with one attached hydrogen (secondary N) is 1. The molecule has 0 aromatic heterocycles. The van der Waals surface area contributed by atoms with Crippen LogP contribution >= 0.6 is 11.8 Å². The lowest BCUT2D eigenvalue weighted by Gasteiger charge is -2.29. The Kier molecular flexibility index (Phi) is 4.21. The van der Waals surface area contributed by atoms with Crippen molar-refractivity contribution in [2.75, 3.05) is 17.3 Å². The quantitative estimate of drug-likeness (QED) is 0.804. The van der Waals surface area contributed by atoms with Gasteiger partial charge in [-0.25, -0.2) is 0 Å². The standard InChI is InChI=1S/C14H22N2S/c1-10-4-3-5-13(14(10)15)16-11-6-8-12(17-2)9-7-11/h3-5,11-12,16H,6-9,15H2,1-2H3. The smallest absolute Gasteiger partial charge is 0.0579 e. The molecule has 1 aliphatic carbocycles. The van der Waals surface area contributed by atoms with E-state index in [0.717, 1.165) is 22.2 Å². The molecule has 1 fully saturated rings. The van der Waals surface area contributed by atoms with Gasteiger partial charge in [0, 0.05) is 11.3 Å². The van der Waals surface area contributed by atoms with Crippen LogP contribution in [0.15, 0.2) is 18.2 Å². The molecule has 2 rings (SSSR count). The number of thioether (sulfide) groups is 1. The van der Waals surface area contributed by atoms with E-state index in [1.807, 2.05) is 11.8 Å². The van der Waals surface area contributed by atoms with Crippen molar-refractivity contribution in [3.05, 3.63) is 23.8 Å². The molecule has 0 unspecified atom stereocenters. The first-order chi connectivity index (χ1) is 8.20. The molecule has 2 nitrogen and oxygen atoms in total. The van der Waals surface area contributed by atoms with Crippen molar-refractivity contribution in [1.82, 2.24) is 0 Å². The van der Waals surface area contributed by atoms with E-state index in [1.54, 1.807) is 0 Å².